The zero-order chi connectivity index (χ0) is 11.4. The monoisotopic (exact) mass is 232 g/mol. The molecule has 0 saturated carbocycles. The highest BCUT2D eigenvalue weighted by atomic mass is 28.4. The van der Waals surface area contributed by atoms with Gasteiger partial charge in [-0.1, -0.05) is 19.7 Å². The van der Waals surface area contributed by atoms with Crippen molar-refractivity contribution >= 4 is 23.1 Å². The minimum atomic E-state index is -1.64. The largest absolute Gasteiger partial charge is 0.438 e. The molecule has 1 atom stereocenters. The molecule has 0 aliphatic carbocycles. The summed E-state index contributed by atoms with van der Waals surface area (Å²) in [6, 6.07) is 0. The van der Waals surface area contributed by atoms with Gasteiger partial charge >= 0.3 is 5.97 Å². The van der Waals surface area contributed by atoms with Crippen LogP contribution in [0.4, 0.5) is 0 Å². The lowest BCUT2D eigenvalue weighted by Gasteiger charge is -2.27. The van der Waals surface area contributed by atoms with Crippen molar-refractivity contribution in [2.75, 3.05) is 0 Å². The Bertz CT molecular complexity index is 209. The summed E-state index contributed by atoms with van der Waals surface area (Å²) >= 11 is 0. The fourth-order valence-electron chi connectivity index (χ4n) is 0.807. The first kappa shape index (κ1) is 13.6. The van der Waals surface area contributed by atoms with Crippen LogP contribution in [0.2, 0.25) is 32.7 Å². The van der Waals surface area contributed by atoms with Crippen LogP contribution in [0.25, 0.3) is 0 Å². The molecule has 0 heterocycles. The van der Waals surface area contributed by atoms with E-state index >= 15 is 0 Å². The first-order chi connectivity index (χ1) is 6.26. The second-order valence-electron chi connectivity index (χ2n) is 4.48. The smallest absolute Gasteiger partial charge is 0.332 e. The number of hydrogen-bond acceptors (Lipinski definition) is 3. The average molecular weight is 232 g/mol. The third kappa shape index (κ3) is 6.12. The Morgan fingerprint density at radius 2 is 1.93 bits per heavy atom. The molecule has 3 nitrogen and oxygen atoms in total. The minimum absolute atomic E-state index is 0.313. The summed E-state index contributed by atoms with van der Waals surface area (Å²) in [5, 5.41) is 0. The molecule has 1 unspecified atom stereocenters. The second-order valence-corrected chi connectivity index (χ2v) is 12.0. The van der Waals surface area contributed by atoms with E-state index in [0.29, 0.717) is 0 Å². The van der Waals surface area contributed by atoms with E-state index in [9.17, 15) is 4.79 Å². The topological polar surface area (TPSA) is 35.5 Å². The Morgan fingerprint density at radius 1 is 1.43 bits per heavy atom. The average Bonchev–Trinajstić information content (AvgIpc) is 2.00. The van der Waals surface area contributed by atoms with Gasteiger partial charge in [0.05, 0.1) is 0 Å². The van der Waals surface area contributed by atoms with Gasteiger partial charge < -0.3 is 9.16 Å². The number of rotatable bonds is 5. The minimum Gasteiger partial charge on any atom is -0.438 e. The predicted molar refractivity (Wildman–Crippen MR) is 63.4 cm³/mol. The van der Waals surface area contributed by atoms with Crippen LogP contribution < -0.4 is 0 Å². The molecule has 0 saturated heterocycles. The molecule has 0 aromatic heterocycles. The molecule has 0 spiro atoms. The van der Waals surface area contributed by atoms with Crippen LogP contribution in [0.1, 0.15) is 0 Å². The van der Waals surface area contributed by atoms with Gasteiger partial charge in [0.15, 0.2) is 14.2 Å². The van der Waals surface area contributed by atoms with Gasteiger partial charge in [-0.15, -0.1) is 0 Å². The van der Waals surface area contributed by atoms with Gasteiger partial charge in [-0.05, 0) is 19.6 Å². The van der Waals surface area contributed by atoms with E-state index in [0.717, 1.165) is 0 Å². The van der Waals surface area contributed by atoms with Crippen LogP contribution in [0, 0.1) is 0 Å². The van der Waals surface area contributed by atoms with Crippen LogP contribution in [0.15, 0.2) is 12.7 Å². The number of carbonyl (C=O) groups excluding carboxylic acids is 1. The van der Waals surface area contributed by atoms with Crippen molar-refractivity contribution in [1.29, 1.82) is 0 Å². The zero-order valence-electron chi connectivity index (χ0n) is 9.66. The number of ether oxygens (including phenoxy) is 1. The summed E-state index contributed by atoms with van der Waals surface area (Å²) in [5.74, 6) is -0.707. The summed E-state index contributed by atoms with van der Waals surface area (Å²) in [6.07, 6.45) is 1.18. The van der Waals surface area contributed by atoms with Gasteiger partial charge in [0, 0.05) is 6.08 Å². The second kappa shape index (κ2) is 5.48. The van der Waals surface area contributed by atoms with E-state index in [4.69, 9.17) is 9.16 Å². The van der Waals surface area contributed by atoms with Crippen LogP contribution >= 0.6 is 0 Å². The molecule has 82 valence electrons. The maximum atomic E-state index is 11.0. The molecule has 0 amide bonds. The highest BCUT2D eigenvalue weighted by molar-refractivity contribution is 6.71. The molecular formula is C9H20O3Si2. The fraction of sp³-hybridized carbons (Fsp3) is 0.667. The first-order valence-corrected chi connectivity index (χ1v) is 11.2. The van der Waals surface area contributed by atoms with Gasteiger partial charge in [0.2, 0.25) is 0 Å². The highest BCUT2D eigenvalue weighted by Gasteiger charge is 2.26. The van der Waals surface area contributed by atoms with Gasteiger partial charge in [0.1, 0.15) is 8.80 Å². The van der Waals surface area contributed by atoms with Crippen molar-refractivity contribution in [3.8, 4) is 0 Å². The van der Waals surface area contributed by atoms with Crippen LogP contribution in [0.5, 0.6) is 0 Å². The third-order valence-electron chi connectivity index (χ3n) is 1.41. The maximum absolute atomic E-state index is 11.0. The number of carbonyl (C=O) groups is 1. The molecular weight excluding hydrogens is 212 g/mol. The van der Waals surface area contributed by atoms with Gasteiger partial charge in [0.25, 0.3) is 0 Å². The third-order valence-corrected chi connectivity index (χ3v) is 3.99. The van der Waals surface area contributed by atoms with Crippen molar-refractivity contribution in [2.45, 2.75) is 38.6 Å². The summed E-state index contributed by atoms with van der Waals surface area (Å²) in [5.41, 5.74) is 0. The first-order valence-electron chi connectivity index (χ1n) is 4.77. The van der Waals surface area contributed by atoms with E-state index in [1.54, 1.807) is 0 Å². The molecule has 0 fully saturated rings. The normalized spacial score (nSPS) is 13.9. The van der Waals surface area contributed by atoms with Crippen molar-refractivity contribution < 1.29 is 14.0 Å². The summed E-state index contributed by atoms with van der Waals surface area (Å²) in [4.78, 5) is 11.0. The summed E-state index contributed by atoms with van der Waals surface area (Å²) < 4.78 is 10.9. The highest BCUT2D eigenvalue weighted by Crippen LogP contribution is 2.11. The standard InChI is InChI=1S/C9H20O3Si2/c1-7-8(10)11-9(13(2)3)12-14(4,5)6/h7,9,13H,1H2,2-6H3. The molecule has 0 aromatic carbocycles. The van der Waals surface area contributed by atoms with Crippen LogP contribution in [-0.4, -0.2) is 29.0 Å². The Balaban J connectivity index is 4.31. The van der Waals surface area contributed by atoms with E-state index in [2.05, 4.69) is 39.3 Å². The number of esters is 1. The van der Waals surface area contributed by atoms with E-state index in [-0.39, 0.29) is 5.91 Å². The van der Waals surface area contributed by atoms with Crippen molar-refractivity contribution in [3.05, 3.63) is 12.7 Å². The predicted octanol–water partition coefficient (Wildman–Crippen LogP) is 1.92. The number of hydrogen-bond donors (Lipinski definition) is 0. The van der Waals surface area contributed by atoms with E-state index in [1.165, 1.54) is 6.08 Å². The van der Waals surface area contributed by atoms with Crippen LogP contribution in [0.3, 0.4) is 0 Å². The molecule has 0 bridgehead atoms. The zero-order valence-corrected chi connectivity index (χ0v) is 11.8. The molecule has 0 rings (SSSR count). The molecule has 0 aliphatic heterocycles. The lowest BCUT2D eigenvalue weighted by molar-refractivity contribution is -0.149. The Hall–Kier alpha value is -0.396. The molecule has 14 heavy (non-hydrogen) atoms. The maximum Gasteiger partial charge on any atom is 0.332 e. The Morgan fingerprint density at radius 3 is 2.21 bits per heavy atom. The molecule has 0 radical (unpaired) electrons. The van der Waals surface area contributed by atoms with E-state index in [1.807, 2.05) is 0 Å². The Labute approximate surface area is 88.8 Å². The van der Waals surface area contributed by atoms with Crippen molar-refractivity contribution in [3.63, 3.8) is 0 Å². The fourth-order valence-corrected chi connectivity index (χ4v) is 4.27. The lowest BCUT2D eigenvalue weighted by atomic mass is 10.7. The van der Waals surface area contributed by atoms with Gasteiger partial charge in [-0.2, -0.15) is 0 Å². The molecule has 0 N–H and O–H groups in total. The van der Waals surface area contributed by atoms with Gasteiger partial charge in [-0.25, -0.2) is 4.79 Å². The molecule has 0 aliphatic rings. The van der Waals surface area contributed by atoms with Crippen LogP contribution in [-0.2, 0) is 14.0 Å². The van der Waals surface area contributed by atoms with Gasteiger partial charge in [-0.3, -0.25) is 0 Å². The molecule has 0 aromatic rings. The van der Waals surface area contributed by atoms with Crippen molar-refractivity contribution in [1.82, 2.24) is 0 Å². The summed E-state index contributed by atoms with van der Waals surface area (Å²) in [7, 11) is -2.77. The summed E-state index contributed by atoms with van der Waals surface area (Å²) in [6.45, 7) is 13.8. The lowest BCUT2D eigenvalue weighted by Crippen LogP contribution is -2.41. The molecule has 5 heteroatoms. The van der Waals surface area contributed by atoms with E-state index < -0.39 is 23.1 Å². The van der Waals surface area contributed by atoms with Crippen molar-refractivity contribution in [2.24, 2.45) is 0 Å². The Kier molecular flexibility index (Phi) is 5.32. The SMILES string of the molecule is C=CC(=O)OC(O[Si](C)(C)C)[SiH](C)C. The quantitative estimate of drug-likeness (QED) is 0.314.